The van der Waals surface area contributed by atoms with Crippen molar-refractivity contribution in [2.45, 2.75) is 11.1 Å². The second-order valence-corrected chi connectivity index (χ2v) is 9.09. The fraction of sp³-hybridized carbons (Fsp3) is 0.0500. The Kier molecular flexibility index (Phi) is 6.99. The molecule has 1 unspecified atom stereocenters. The summed E-state index contributed by atoms with van der Waals surface area (Å²) >= 11 is 6.60. The van der Waals surface area contributed by atoms with E-state index in [1.807, 2.05) is 0 Å². The molecule has 1 atom stereocenters. The summed E-state index contributed by atoms with van der Waals surface area (Å²) in [6.45, 7) is 0. The van der Waals surface area contributed by atoms with Crippen LogP contribution in [0.2, 0.25) is 0 Å². The third-order valence-electron chi connectivity index (χ3n) is 3.91. The fourth-order valence-electron chi connectivity index (χ4n) is 2.47. The summed E-state index contributed by atoms with van der Waals surface area (Å²) in [5.41, 5.74) is 0.0310. The largest absolute Gasteiger partial charge is 0.416 e. The standard InChI is InChI=1S/C20H13Br2F3N2O2S/c21-13-4-7-15(8-5-13)26-19(28)17-11-14(22)6-9-18(17)27-30(29)16-3-1-2-12(10-16)20(23,24)25/h1-11,27H,(H,26,28). The zero-order valence-electron chi connectivity index (χ0n) is 15.0. The van der Waals surface area contributed by atoms with Gasteiger partial charge in [-0.2, -0.15) is 13.2 Å². The fourth-order valence-corrected chi connectivity index (χ4v) is 4.03. The number of halogens is 5. The monoisotopic (exact) mass is 560 g/mol. The summed E-state index contributed by atoms with van der Waals surface area (Å²) in [5, 5.41) is 2.73. The molecule has 0 saturated carbocycles. The van der Waals surface area contributed by atoms with Crippen molar-refractivity contribution in [1.82, 2.24) is 0 Å². The van der Waals surface area contributed by atoms with Crippen LogP contribution in [0, 0.1) is 0 Å². The molecule has 0 spiro atoms. The summed E-state index contributed by atoms with van der Waals surface area (Å²) in [6, 6.07) is 15.8. The second kappa shape index (κ2) is 9.32. The Hall–Kier alpha value is -2.17. The Bertz CT molecular complexity index is 1110. The van der Waals surface area contributed by atoms with E-state index in [4.69, 9.17) is 0 Å². The molecule has 0 fully saturated rings. The number of anilines is 2. The minimum Gasteiger partial charge on any atom is -0.322 e. The normalized spacial score (nSPS) is 12.3. The second-order valence-electron chi connectivity index (χ2n) is 6.05. The van der Waals surface area contributed by atoms with Crippen LogP contribution in [0.5, 0.6) is 0 Å². The molecule has 10 heteroatoms. The molecule has 4 nitrogen and oxygen atoms in total. The van der Waals surface area contributed by atoms with Crippen LogP contribution in [0.4, 0.5) is 24.5 Å². The van der Waals surface area contributed by atoms with Crippen LogP contribution >= 0.6 is 31.9 Å². The van der Waals surface area contributed by atoms with E-state index < -0.39 is 28.6 Å². The minimum absolute atomic E-state index is 0.0630. The summed E-state index contributed by atoms with van der Waals surface area (Å²) in [7, 11) is -2.01. The number of benzene rings is 3. The summed E-state index contributed by atoms with van der Waals surface area (Å²) in [4.78, 5) is 12.7. The van der Waals surface area contributed by atoms with E-state index in [0.29, 0.717) is 10.2 Å². The van der Waals surface area contributed by atoms with Crippen LogP contribution in [-0.2, 0) is 17.2 Å². The molecule has 2 N–H and O–H groups in total. The van der Waals surface area contributed by atoms with Gasteiger partial charge in [0.2, 0.25) is 0 Å². The molecular weight excluding hydrogens is 549 g/mol. The highest BCUT2D eigenvalue weighted by molar-refractivity contribution is 9.10. The van der Waals surface area contributed by atoms with Gasteiger partial charge in [-0.3, -0.25) is 4.79 Å². The van der Waals surface area contributed by atoms with Gasteiger partial charge >= 0.3 is 6.18 Å². The van der Waals surface area contributed by atoms with Crippen molar-refractivity contribution in [2.75, 3.05) is 10.0 Å². The van der Waals surface area contributed by atoms with E-state index in [0.717, 1.165) is 16.6 Å². The van der Waals surface area contributed by atoms with Crippen molar-refractivity contribution < 1.29 is 22.2 Å². The van der Waals surface area contributed by atoms with E-state index in [9.17, 15) is 22.2 Å². The first-order chi connectivity index (χ1) is 14.1. The summed E-state index contributed by atoms with van der Waals surface area (Å²) < 4.78 is 55.5. The highest BCUT2D eigenvalue weighted by Crippen LogP contribution is 2.31. The van der Waals surface area contributed by atoms with Gasteiger partial charge in [0.15, 0.2) is 0 Å². The molecule has 3 aromatic carbocycles. The van der Waals surface area contributed by atoms with Gasteiger partial charge in [0.25, 0.3) is 5.91 Å². The quantitative estimate of drug-likeness (QED) is 0.368. The maximum absolute atomic E-state index is 12.9. The van der Waals surface area contributed by atoms with Crippen LogP contribution in [0.15, 0.2) is 80.6 Å². The number of nitrogens with one attached hydrogen (secondary N) is 2. The molecule has 1 amide bonds. The molecule has 3 aromatic rings. The first-order valence-corrected chi connectivity index (χ1v) is 11.1. The molecule has 0 aliphatic heterocycles. The number of alkyl halides is 3. The minimum atomic E-state index is -4.55. The van der Waals surface area contributed by atoms with Crippen molar-refractivity contribution in [1.29, 1.82) is 0 Å². The van der Waals surface area contributed by atoms with Crippen LogP contribution in [0.1, 0.15) is 15.9 Å². The highest BCUT2D eigenvalue weighted by Gasteiger charge is 2.31. The third kappa shape index (κ3) is 5.71. The van der Waals surface area contributed by atoms with Gasteiger partial charge in [-0.15, -0.1) is 0 Å². The lowest BCUT2D eigenvalue weighted by atomic mass is 10.1. The number of carbonyl (C=O) groups excluding carboxylic acids is 1. The van der Waals surface area contributed by atoms with Crippen LogP contribution in [-0.4, -0.2) is 10.1 Å². The number of carbonyl (C=O) groups is 1. The molecule has 30 heavy (non-hydrogen) atoms. The maximum atomic E-state index is 12.9. The lowest BCUT2D eigenvalue weighted by Crippen LogP contribution is -2.16. The van der Waals surface area contributed by atoms with E-state index in [2.05, 4.69) is 41.9 Å². The third-order valence-corrected chi connectivity index (χ3v) is 6.02. The first kappa shape index (κ1) is 22.5. The van der Waals surface area contributed by atoms with Gasteiger partial charge in [-0.25, -0.2) is 4.21 Å². The Morgan fingerprint density at radius 3 is 2.23 bits per heavy atom. The molecule has 0 saturated heterocycles. The van der Waals surface area contributed by atoms with Gasteiger partial charge in [0.1, 0.15) is 11.0 Å². The highest BCUT2D eigenvalue weighted by atomic mass is 79.9. The molecule has 0 bridgehead atoms. The van der Waals surface area contributed by atoms with Gasteiger partial charge in [-0.05, 0) is 60.7 Å². The van der Waals surface area contributed by atoms with E-state index in [1.165, 1.54) is 24.3 Å². The summed E-state index contributed by atoms with van der Waals surface area (Å²) in [6.07, 6.45) is -4.55. The Morgan fingerprint density at radius 1 is 0.900 bits per heavy atom. The van der Waals surface area contributed by atoms with Crippen LogP contribution < -0.4 is 10.0 Å². The van der Waals surface area contributed by atoms with Crippen molar-refractivity contribution in [3.8, 4) is 0 Å². The number of hydrogen-bond acceptors (Lipinski definition) is 2. The van der Waals surface area contributed by atoms with Gasteiger partial charge in [-0.1, -0.05) is 37.9 Å². The van der Waals surface area contributed by atoms with Crippen molar-refractivity contribution in [3.63, 3.8) is 0 Å². The molecule has 0 aliphatic rings. The number of rotatable bonds is 5. The average Bonchev–Trinajstić information content (AvgIpc) is 2.70. The van der Waals surface area contributed by atoms with E-state index in [-0.39, 0.29) is 16.1 Å². The van der Waals surface area contributed by atoms with E-state index >= 15 is 0 Å². The van der Waals surface area contributed by atoms with Gasteiger partial charge < -0.3 is 10.0 Å². The number of hydrogen-bond donors (Lipinski definition) is 2. The molecule has 156 valence electrons. The molecule has 0 radical (unpaired) electrons. The zero-order chi connectivity index (χ0) is 21.9. The molecule has 3 rings (SSSR count). The Labute approximate surface area is 189 Å². The smallest absolute Gasteiger partial charge is 0.322 e. The number of amides is 1. The summed E-state index contributed by atoms with van der Waals surface area (Å²) in [5.74, 6) is -0.470. The van der Waals surface area contributed by atoms with E-state index in [1.54, 1.807) is 30.3 Å². The van der Waals surface area contributed by atoms with Crippen molar-refractivity contribution in [3.05, 3.63) is 86.8 Å². The van der Waals surface area contributed by atoms with Crippen molar-refractivity contribution in [2.24, 2.45) is 0 Å². The van der Waals surface area contributed by atoms with Crippen LogP contribution in [0.25, 0.3) is 0 Å². The Morgan fingerprint density at radius 2 is 1.57 bits per heavy atom. The maximum Gasteiger partial charge on any atom is 0.416 e. The van der Waals surface area contributed by atoms with Crippen LogP contribution in [0.3, 0.4) is 0 Å². The predicted molar refractivity (Wildman–Crippen MR) is 118 cm³/mol. The lowest BCUT2D eigenvalue weighted by Gasteiger charge is -2.13. The molecule has 0 heterocycles. The average molecular weight is 562 g/mol. The van der Waals surface area contributed by atoms with Crippen molar-refractivity contribution >= 4 is 60.1 Å². The topological polar surface area (TPSA) is 58.2 Å². The molecule has 0 aromatic heterocycles. The van der Waals surface area contributed by atoms with Gasteiger partial charge in [0, 0.05) is 14.6 Å². The zero-order valence-corrected chi connectivity index (χ0v) is 19.0. The first-order valence-electron chi connectivity index (χ1n) is 8.35. The lowest BCUT2D eigenvalue weighted by molar-refractivity contribution is -0.137. The Balaban J connectivity index is 1.85. The SMILES string of the molecule is O=C(Nc1ccc(Br)cc1)c1cc(Br)ccc1NS(=O)c1cccc(C(F)(F)F)c1. The molecule has 0 aliphatic carbocycles. The van der Waals surface area contributed by atoms with Gasteiger partial charge in [0.05, 0.1) is 21.7 Å². The molecular formula is C20H13Br2F3N2O2S. The predicted octanol–water partition coefficient (Wildman–Crippen LogP) is 6.62.